The highest BCUT2D eigenvalue weighted by Gasteiger charge is 2.84. The summed E-state index contributed by atoms with van der Waals surface area (Å²) in [6.07, 6.45) is 6.08. The van der Waals surface area contributed by atoms with Gasteiger partial charge >= 0.3 is 68.5 Å². The van der Waals surface area contributed by atoms with Crippen LogP contribution in [0.3, 0.4) is 0 Å². The minimum absolute atomic E-state index is 0.700. The van der Waals surface area contributed by atoms with E-state index in [1.54, 1.807) is 0 Å². The highest BCUT2D eigenvalue weighted by molar-refractivity contribution is 7.13. The molecule has 0 radical (unpaired) electrons. The van der Waals surface area contributed by atoms with Gasteiger partial charge in [0.15, 0.2) is 0 Å². The van der Waals surface area contributed by atoms with Crippen LogP contribution in [0.15, 0.2) is 0 Å². The van der Waals surface area contributed by atoms with Gasteiger partial charge in [-0.25, -0.2) is 0 Å². The number of rotatable bonds is 16. The maximum atomic E-state index is 8.58. The first-order chi connectivity index (χ1) is 26.1. The lowest BCUT2D eigenvalue weighted by Crippen LogP contribution is -2.91. The van der Waals surface area contributed by atoms with Gasteiger partial charge in [-0.15, -0.1) is 0 Å². The summed E-state index contributed by atoms with van der Waals surface area (Å²) in [6, 6.07) is 0. The molecule has 0 aromatic rings. The third-order valence-corrected chi connectivity index (χ3v) is 63.3. The molecule has 60 heavy (non-hydrogen) atoms. The highest BCUT2D eigenvalue weighted by Crippen LogP contribution is 2.54. The van der Waals surface area contributed by atoms with Crippen molar-refractivity contribution in [2.75, 3.05) is 218 Å². The molecule has 6 rings (SSSR count). The summed E-state index contributed by atoms with van der Waals surface area (Å²) in [4.78, 5) is 0. The van der Waals surface area contributed by atoms with Crippen molar-refractivity contribution in [2.45, 2.75) is 22.7 Å². The normalized spacial score (nSPS) is 39.6. The van der Waals surface area contributed by atoms with Crippen molar-refractivity contribution < 1.29 is 68.8 Å². The Hall–Kier alpha value is 1.10. The topological polar surface area (TPSA) is 73.8 Å². The first-order valence-electron chi connectivity index (χ1n) is 22.2. The predicted molar refractivity (Wildman–Crippen MR) is 257 cm³/mol. The van der Waals surface area contributed by atoms with Crippen molar-refractivity contribution in [1.82, 2.24) is 0 Å². The van der Waals surface area contributed by atoms with Gasteiger partial charge in [0, 0.05) is 22.7 Å². The largest absolute Gasteiger partial charge is 0.409 e. The molecule has 0 aromatic heterocycles. The van der Waals surface area contributed by atoms with Crippen molar-refractivity contribution in [2.24, 2.45) is 0 Å². The Bertz CT molecular complexity index is 1180. The van der Waals surface area contributed by atoms with E-state index in [1.165, 1.54) is 0 Å². The molecule has 0 atom stereocenters. The minimum atomic E-state index is -3.36. The fourth-order valence-corrected chi connectivity index (χ4v) is 85.3. The van der Waals surface area contributed by atoms with Gasteiger partial charge in [0.1, 0.15) is 49.3 Å². The fraction of sp³-hybridized carbons (Fsp3) is 1.00. The molecule has 6 heterocycles. The summed E-state index contributed by atoms with van der Waals surface area (Å²) in [7, 11) is 28.5. The molecule has 0 aromatic carbocycles. The van der Waals surface area contributed by atoms with E-state index in [1.807, 2.05) is 0 Å². The second kappa shape index (κ2) is 15.3. The van der Waals surface area contributed by atoms with Gasteiger partial charge in [0.2, 0.25) is 0 Å². The van der Waals surface area contributed by atoms with Gasteiger partial charge in [-0.05, 0) is 0 Å². The second-order valence-corrected chi connectivity index (χ2v) is 57.7. The zero-order valence-corrected chi connectivity index (χ0v) is 51.3. The molecular weight excluding hydrogens is 897 g/mol. The lowest BCUT2D eigenvalue weighted by Gasteiger charge is -2.65. The molecule has 0 N–H and O–H groups in total. The Balaban J connectivity index is 2.08. The van der Waals surface area contributed by atoms with E-state index in [4.69, 9.17) is 32.9 Å². The first kappa shape index (κ1) is 52.1. The summed E-state index contributed by atoms with van der Waals surface area (Å²) >= 11 is 0. The van der Waals surface area contributed by atoms with Crippen LogP contribution in [0.5, 0.6) is 0 Å². The van der Waals surface area contributed by atoms with Gasteiger partial charge in [0.25, 0.3) is 0 Å². The summed E-state index contributed by atoms with van der Waals surface area (Å²) in [5, 5.41) is 0. The monoisotopic (exact) mass is 993 g/mol. The second-order valence-electron chi connectivity index (χ2n) is 28.4. The van der Waals surface area contributed by atoms with Crippen LogP contribution >= 0.6 is 0 Å². The van der Waals surface area contributed by atoms with Crippen molar-refractivity contribution in [3.63, 3.8) is 0 Å². The van der Waals surface area contributed by atoms with E-state index < -0.39 is 68.5 Å². The lowest BCUT2D eigenvalue weighted by molar-refractivity contribution is -0.865. The maximum Gasteiger partial charge on any atom is 0.381 e. The van der Waals surface area contributed by atoms with Crippen molar-refractivity contribution in [3.05, 3.63) is 0 Å². The van der Waals surface area contributed by atoms with Crippen molar-refractivity contribution in [1.29, 1.82) is 0 Å². The average Bonchev–Trinajstić information content (AvgIpc) is 2.73. The average molecular weight is 994 g/mol. The van der Waals surface area contributed by atoms with Crippen LogP contribution in [-0.4, -0.2) is 323 Å². The Kier molecular flexibility index (Phi) is 13.3. The maximum absolute atomic E-state index is 8.58. The molecule has 0 spiro atoms. The van der Waals surface area contributed by atoms with E-state index >= 15 is 0 Å². The summed E-state index contributed by atoms with van der Waals surface area (Å²) in [5.41, 5.74) is 2.80. The van der Waals surface area contributed by atoms with E-state index in [9.17, 15) is 0 Å². The molecular formula is C36H96N8O8Si8+8. The molecule has 8 bridgehead atoms. The van der Waals surface area contributed by atoms with Crippen LogP contribution in [0.25, 0.3) is 0 Å². The number of hydrogen-bond donors (Lipinski definition) is 0. The standard InChI is InChI=1S/C36H96N8O8Si8/c1-37(2,3)25-53-33-54(26-38(4,5)6)46-57(29-41(13,14)15)34-55(45-53,27-39(7,8)9)51-58(30-42(16,17)18)35-56(49-53,28-40(10,11)12)47-59(50-54,31-43(19,20)21)36-60(48-58,52-57)32-44(22,23)24/h25-36H2,1-24H3/q+8. The summed E-state index contributed by atoms with van der Waals surface area (Å²) in [5.74, 6) is 0. The molecule has 6 aliphatic rings. The van der Waals surface area contributed by atoms with Gasteiger partial charge in [-0.2, -0.15) is 0 Å². The SMILES string of the molecule is C[N+](C)(C)C[Si]12C[Si]3(C[N+](C)(C)C)O[Si]4(C[N+](C)(C)C)C[Si]5(C[N+](C)(C)C)O[Si](C[N+](C)(C)C)(C[Si](C[N+](C)(C)C)(O1)O4)O[Si](C[N+](C)(C)C)(C[Si](C[N+](C)(C)C)(O3)O5)O2. The highest BCUT2D eigenvalue weighted by atomic mass is 28.6. The van der Waals surface area contributed by atoms with Crippen LogP contribution in [0.4, 0.5) is 0 Å². The fourth-order valence-electron chi connectivity index (χ4n) is 11.8. The smallest absolute Gasteiger partial charge is 0.381 e. The molecule has 24 heteroatoms. The van der Waals surface area contributed by atoms with Crippen molar-refractivity contribution >= 4 is 68.5 Å². The Morgan fingerprint density at radius 1 is 0.200 bits per heavy atom. The molecule has 0 saturated carbocycles. The van der Waals surface area contributed by atoms with Crippen LogP contribution in [0, 0.1) is 0 Å². The van der Waals surface area contributed by atoms with E-state index in [0.717, 1.165) is 49.3 Å². The molecule has 6 saturated heterocycles. The van der Waals surface area contributed by atoms with Crippen LogP contribution in [0.1, 0.15) is 0 Å². The molecule has 0 amide bonds. The Morgan fingerprint density at radius 3 is 0.350 bits per heavy atom. The lowest BCUT2D eigenvalue weighted by atomic mass is 10.8. The van der Waals surface area contributed by atoms with Crippen LogP contribution < -0.4 is 0 Å². The van der Waals surface area contributed by atoms with Gasteiger partial charge in [0.05, 0.1) is 169 Å². The summed E-state index contributed by atoms with van der Waals surface area (Å²) < 4.78 is 74.2. The third kappa shape index (κ3) is 13.6. The zero-order valence-electron chi connectivity index (χ0n) is 43.3. The van der Waals surface area contributed by atoms with E-state index in [2.05, 4.69) is 169 Å². The number of nitrogens with zero attached hydrogens (tertiary/aromatic N) is 8. The molecule has 0 aliphatic carbocycles. The van der Waals surface area contributed by atoms with Gasteiger partial charge in [-0.3, -0.25) is 0 Å². The van der Waals surface area contributed by atoms with Gasteiger partial charge in [-0.1, -0.05) is 0 Å². The molecule has 352 valence electrons. The van der Waals surface area contributed by atoms with E-state index in [-0.39, 0.29) is 0 Å². The van der Waals surface area contributed by atoms with Crippen LogP contribution in [0.2, 0.25) is 22.7 Å². The predicted octanol–water partition coefficient (Wildman–Crippen LogP) is -0.155. The number of hydrogen-bond acceptors (Lipinski definition) is 8. The molecule has 6 aliphatic heterocycles. The van der Waals surface area contributed by atoms with Crippen LogP contribution in [-0.2, 0) is 32.9 Å². The quantitative estimate of drug-likeness (QED) is 0.157. The molecule has 0 unspecified atom stereocenters. The first-order valence-corrected chi connectivity index (χ1v) is 40.0. The zero-order chi connectivity index (χ0) is 46.1. The number of quaternary nitrogens is 8. The summed E-state index contributed by atoms with van der Waals surface area (Å²) in [6.45, 7) is 0. The van der Waals surface area contributed by atoms with E-state index in [0.29, 0.717) is 58.5 Å². The third-order valence-electron chi connectivity index (χ3n) is 10.9. The Morgan fingerprint density at radius 2 is 0.283 bits per heavy atom. The molecule has 6 fully saturated rings. The minimum Gasteiger partial charge on any atom is -0.409 e. The van der Waals surface area contributed by atoms with Crippen molar-refractivity contribution in [3.8, 4) is 0 Å². The molecule has 16 nitrogen and oxygen atoms in total. The van der Waals surface area contributed by atoms with Gasteiger partial charge < -0.3 is 68.8 Å². The Labute approximate surface area is 376 Å².